The van der Waals surface area contributed by atoms with Crippen LogP contribution in [-0.2, 0) is 0 Å². The molecule has 4 rings (SSSR count). The number of pyridine rings is 1. The molecule has 0 fully saturated rings. The lowest BCUT2D eigenvalue weighted by Gasteiger charge is -2.17. The predicted molar refractivity (Wildman–Crippen MR) is 129 cm³/mol. The van der Waals surface area contributed by atoms with Crippen LogP contribution in [0.2, 0.25) is 0 Å². The maximum absolute atomic E-state index is 13.3. The van der Waals surface area contributed by atoms with E-state index in [4.69, 9.17) is 4.74 Å². The van der Waals surface area contributed by atoms with Gasteiger partial charge in [-0.05, 0) is 36.9 Å². The summed E-state index contributed by atoms with van der Waals surface area (Å²) in [4.78, 5) is 20.9. The summed E-state index contributed by atoms with van der Waals surface area (Å²) in [6, 6.07) is 15.9. The lowest BCUT2D eigenvalue weighted by Crippen LogP contribution is -2.34. The molecule has 0 aliphatic rings. The van der Waals surface area contributed by atoms with Gasteiger partial charge in [-0.15, -0.1) is 11.3 Å². The fourth-order valence-electron chi connectivity index (χ4n) is 3.84. The molecule has 1 amide bonds. The number of carbonyl (C=O) groups is 1. The molecular formula is C25H27N3O2S. The van der Waals surface area contributed by atoms with E-state index in [2.05, 4.69) is 29.0 Å². The molecule has 2 aromatic heterocycles. The Hall–Kier alpha value is -2.96. The summed E-state index contributed by atoms with van der Waals surface area (Å²) >= 11 is 1.52. The molecule has 0 atom stereocenters. The van der Waals surface area contributed by atoms with Crippen molar-refractivity contribution < 1.29 is 9.53 Å². The Morgan fingerprint density at radius 1 is 1.10 bits per heavy atom. The minimum atomic E-state index is -0.0387. The van der Waals surface area contributed by atoms with E-state index in [-0.39, 0.29) is 5.91 Å². The number of rotatable bonds is 8. The number of ether oxygens (including phenoxy) is 1. The topological polar surface area (TPSA) is 54.5 Å². The Labute approximate surface area is 186 Å². The maximum atomic E-state index is 13.3. The van der Waals surface area contributed by atoms with E-state index in [1.54, 1.807) is 7.11 Å². The molecule has 5 nitrogen and oxygen atoms in total. The van der Waals surface area contributed by atoms with Crippen molar-refractivity contribution in [3.8, 4) is 16.9 Å². The van der Waals surface area contributed by atoms with E-state index < -0.39 is 0 Å². The molecule has 1 N–H and O–H groups in total. The van der Waals surface area contributed by atoms with Crippen molar-refractivity contribution >= 4 is 38.2 Å². The molecule has 0 radical (unpaired) electrons. The molecule has 31 heavy (non-hydrogen) atoms. The molecule has 2 heterocycles. The number of carbonyl (C=O) groups excluding carboxylic acids is 1. The Morgan fingerprint density at radius 3 is 2.58 bits per heavy atom. The van der Waals surface area contributed by atoms with Crippen molar-refractivity contribution in [3.63, 3.8) is 0 Å². The first-order chi connectivity index (χ1) is 15.2. The second kappa shape index (κ2) is 9.45. The Bertz CT molecular complexity index is 1200. The third-order valence-corrected chi connectivity index (χ3v) is 6.84. The fourth-order valence-corrected chi connectivity index (χ4v) is 5.07. The van der Waals surface area contributed by atoms with Crippen LogP contribution in [0, 0.1) is 0 Å². The number of methoxy groups -OCH3 is 1. The average Bonchev–Trinajstić information content (AvgIpc) is 3.22. The SMILES string of the molecule is CCN(CC)CCNC(=O)c1sc2c(cnc3ccc(OC)cc32)c1-c1ccccc1. The Balaban J connectivity index is 1.81. The van der Waals surface area contributed by atoms with Crippen LogP contribution in [0.15, 0.2) is 54.7 Å². The Kier molecular flexibility index (Phi) is 6.49. The van der Waals surface area contributed by atoms with E-state index >= 15 is 0 Å². The van der Waals surface area contributed by atoms with Gasteiger partial charge in [0.1, 0.15) is 10.6 Å². The third-order valence-electron chi connectivity index (χ3n) is 5.60. The maximum Gasteiger partial charge on any atom is 0.262 e. The molecule has 0 bridgehead atoms. The van der Waals surface area contributed by atoms with E-state index in [1.807, 2.05) is 54.7 Å². The third kappa shape index (κ3) is 4.27. The number of nitrogens with zero attached hydrogens (tertiary/aromatic N) is 2. The first-order valence-corrected chi connectivity index (χ1v) is 11.4. The van der Waals surface area contributed by atoms with E-state index in [9.17, 15) is 4.79 Å². The number of hydrogen-bond acceptors (Lipinski definition) is 5. The normalized spacial score (nSPS) is 11.4. The number of hydrogen-bond donors (Lipinski definition) is 1. The van der Waals surface area contributed by atoms with Crippen LogP contribution >= 0.6 is 11.3 Å². The number of aromatic nitrogens is 1. The number of thiophene rings is 1. The standard InChI is InChI=1S/C25H27N3O2S/c1-4-28(5-2)14-13-26-25(29)24-22(17-9-7-6-8-10-17)20-16-27-21-12-11-18(30-3)15-19(21)23(20)31-24/h6-12,15-16H,4-5,13-14H2,1-3H3,(H,26,29). The van der Waals surface area contributed by atoms with E-state index in [0.717, 1.165) is 62.4 Å². The molecule has 0 aliphatic heterocycles. The van der Waals surface area contributed by atoms with Crippen LogP contribution in [0.25, 0.3) is 32.1 Å². The number of fused-ring (bicyclic) bond motifs is 3. The fraction of sp³-hybridized carbons (Fsp3) is 0.280. The van der Waals surface area contributed by atoms with Gasteiger partial charge in [-0.3, -0.25) is 9.78 Å². The van der Waals surface area contributed by atoms with Gasteiger partial charge < -0.3 is 15.0 Å². The van der Waals surface area contributed by atoms with Crippen LogP contribution in [0.4, 0.5) is 0 Å². The van der Waals surface area contributed by atoms with Gasteiger partial charge in [0.05, 0.1) is 12.6 Å². The molecule has 2 aromatic carbocycles. The van der Waals surface area contributed by atoms with Gasteiger partial charge in [-0.2, -0.15) is 0 Å². The van der Waals surface area contributed by atoms with Crippen molar-refractivity contribution in [2.45, 2.75) is 13.8 Å². The summed E-state index contributed by atoms with van der Waals surface area (Å²) < 4.78 is 6.48. The molecule has 160 valence electrons. The summed E-state index contributed by atoms with van der Waals surface area (Å²) in [6.45, 7) is 7.68. The van der Waals surface area contributed by atoms with Crippen LogP contribution < -0.4 is 10.1 Å². The second-order valence-electron chi connectivity index (χ2n) is 7.34. The smallest absolute Gasteiger partial charge is 0.262 e. The minimum Gasteiger partial charge on any atom is -0.497 e. The first kappa shape index (κ1) is 21.3. The average molecular weight is 434 g/mol. The van der Waals surface area contributed by atoms with Gasteiger partial charge in [0, 0.05) is 40.3 Å². The van der Waals surface area contributed by atoms with Gasteiger partial charge in [0.25, 0.3) is 5.91 Å². The molecule has 0 saturated heterocycles. The van der Waals surface area contributed by atoms with Crippen molar-refractivity contribution in [1.29, 1.82) is 0 Å². The zero-order valence-corrected chi connectivity index (χ0v) is 19.0. The first-order valence-electron chi connectivity index (χ1n) is 10.6. The predicted octanol–water partition coefficient (Wildman–Crippen LogP) is 5.20. The summed E-state index contributed by atoms with van der Waals surface area (Å²) in [7, 11) is 1.66. The van der Waals surface area contributed by atoms with Crippen LogP contribution in [0.1, 0.15) is 23.5 Å². The van der Waals surface area contributed by atoms with E-state index in [0.29, 0.717) is 6.54 Å². The highest BCUT2D eigenvalue weighted by molar-refractivity contribution is 7.22. The number of benzene rings is 2. The molecule has 4 aromatic rings. The van der Waals surface area contributed by atoms with Crippen LogP contribution in [0.3, 0.4) is 0 Å². The van der Waals surface area contributed by atoms with Crippen LogP contribution in [0.5, 0.6) is 5.75 Å². The van der Waals surface area contributed by atoms with Gasteiger partial charge in [-0.25, -0.2) is 0 Å². The largest absolute Gasteiger partial charge is 0.497 e. The lowest BCUT2D eigenvalue weighted by atomic mass is 10.0. The quantitative estimate of drug-likeness (QED) is 0.415. The van der Waals surface area contributed by atoms with Gasteiger partial charge >= 0.3 is 0 Å². The molecular weight excluding hydrogens is 406 g/mol. The zero-order chi connectivity index (χ0) is 21.8. The summed E-state index contributed by atoms with van der Waals surface area (Å²) in [6.07, 6.45) is 1.88. The van der Waals surface area contributed by atoms with Crippen molar-refractivity contribution in [3.05, 3.63) is 59.6 Å². The second-order valence-corrected chi connectivity index (χ2v) is 8.36. The lowest BCUT2D eigenvalue weighted by molar-refractivity contribution is 0.0953. The van der Waals surface area contributed by atoms with E-state index in [1.165, 1.54) is 11.3 Å². The monoisotopic (exact) mass is 433 g/mol. The highest BCUT2D eigenvalue weighted by Gasteiger charge is 2.21. The van der Waals surface area contributed by atoms with Crippen molar-refractivity contribution in [1.82, 2.24) is 15.2 Å². The van der Waals surface area contributed by atoms with Gasteiger partial charge in [0.15, 0.2) is 0 Å². The summed E-state index contributed by atoms with van der Waals surface area (Å²) in [5, 5.41) is 5.12. The molecule has 0 unspecified atom stereocenters. The molecule has 0 aliphatic carbocycles. The van der Waals surface area contributed by atoms with Crippen LogP contribution in [-0.4, -0.2) is 49.1 Å². The van der Waals surface area contributed by atoms with Gasteiger partial charge in [0.2, 0.25) is 0 Å². The van der Waals surface area contributed by atoms with Gasteiger partial charge in [-0.1, -0.05) is 44.2 Å². The van der Waals surface area contributed by atoms with Crippen molar-refractivity contribution in [2.75, 3.05) is 33.3 Å². The summed E-state index contributed by atoms with van der Waals surface area (Å²) in [5.41, 5.74) is 2.85. The Morgan fingerprint density at radius 2 is 1.87 bits per heavy atom. The highest BCUT2D eigenvalue weighted by Crippen LogP contribution is 2.42. The number of amides is 1. The molecule has 6 heteroatoms. The zero-order valence-electron chi connectivity index (χ0n) is 18.1. The highest BCUT2D eigenvalue weighted by atomic mass is 32.1. The minimum absolute atomic E-state index is 0.0387. The molecule has 0 saturated carbocycles. The number of nitrogens with one attached hydrogen (secondary N) is 1. The number of likely N-dealkylation sites (N-methyl/N-ethyl adjacent to an activating group) is 1. The van der Waals surface area contributed by atoms with Crippen molar-refractivity contribution in [2.24, 2.45) is 0 Å². The summed E-state index contributed by atoms with van der Waals surface area (Å²) in [5.74, 6) is 0.741. The molecule has 0 spiro atoms.